The van der Waals surface area contributed by atoms with Crippen molar-refractivity contribution in [3.05, 3.63) is 23.9 Å². The molecule has 1 aliphatic heterocycles. The van der Waals surface area contributed by atoms with Crippen molar-refractivity contribution >= 4 is 5.82 Å². The summed E-state index contributed by atoms with van der Waals surface area (Å²) in [5.41, 5.74) is -0.739. The maximum atomic E-state index is 12.8. The number of rotatable bonds is 5. The standard InChI is InChI=1S/C14H20F3N3O/c15-14(16,17)12-4-1-5-18-13(12)19-6-8-20-7-2-3-11(9-20)10-21/h1,4-5,11,21H,2-3,6-10H2,(H,18,19). The Balaban J connectivity index is 1.86. The van der Waals surface area contributed by atoms with Gasteiger partial charge in [0, 0.05) is 32.4 Å². The molecule has 0 amide bonds. The van der Waals surface area contributed by atoms with Crippen LogP contribution in [-0.2, 0) is 6.18 Å². The lowest BCUT2D eigenvalue weighted by Gasteiger charge is -2.31. The van der Waals surface area contributed by atoms with Crippen LogP contribution in [0, 0.1) is 5.92 Å². The van der Waals surface area contributed by atoms with E-state index >= 15 is 0 Å². The van der Waals surface area contributed by atoms with Gasteiger partial charge in [-0.05, 0) is 37.4 Å². The number of halogens is 3. The first-order valence-electron chi connectivity index (χ1n) is 7.10. The molecule has 2 heterocycles. The number of aromatic nitrogens is 1. The van der Waals surface area contributed by atoms with E-state index < -0.39 is 11.7 Å². The summed E-state index contributed by atoms with van der Waals surface area (Å²) in [6.07, 6.45) is -1.02. The number of aliphatic hydroxyl groups excluding tert-OH is 1. The first-order chi connectivity index (χ1) is 10.0. The van der Waals surface area contributed by atoms with Gasteiger partial charge in [0.2, 0.25) is 0 Å². The summed E-state index contributed by atoms with van der Waals surface area (Å²) >= 11 is 0. The molecular formula is C14H20F3N3O. The minimum Gasteiger partial charge on any atom is -0.396 e. The largest absolute Gasteiger partial charge is 0.419 e. The highest BCUT2D eigenvalue weighted by atomic mass is 19.4. The maximum absolute atomic E-state index is 12.8. The number of nitrogens with one attached hydrogen (secondary N) is 1. The van der Waals surface area contributed by atoms with Crippen LogP contribution in [0.4, 0.5) is 19.0 Å². The van der Waals surface area contributed by atoms with Crippen molar-refractivity contribution in [2.45, 2.75) is 19.0 Å². The van der Waals surface area contributed by atoms with Crippen molar-refractivity contribution in [3.63, 3.8) is 0 Å². The Morgan fingerprint density at radius 1 is 1.43 bits per heavy atom. The number of likely N-dealkylation sites (tertiary alicyclic amines) is 1. The van der Waals surface area contributed by atoms with Crippen molar-refractivity contribution in [1.29, 1.82) is 0 Å². The average molecular weight is 303 g/mol. The lowest BCUT2D eigenvalue weighted by Crippen LogP contribution is -2.39. The fourth-order valence-corrected chi connectivity index (χ4v) is 2.61. The van der Waals surface area contributed by atoms with Crippen LogP contribution in [-0.4, -0.2) is 47.8 Å². The highest BCUT2D eigenvalue weighted by Crippen LogP contribution is 2.33. The topological polar surface area (TPSA) is 48.4 Å². The minimum atomic E-state index is -4.40. The van der Waals surface area contributed by atoms with Crippen LogP contribution in [0.25, 0.3) is 0 Å². The smallest absolute Gasteiger partial charge is 0.396 e. The lowest BCUT2D eigenvalue weighted by molar-refractivity contribution is -0.137. The highest BCUT2D eigenvalue weighted by Gasteiger charge is 2.34. The first-order valence-corrected chi connectivity index (χ1v) is 7.10. The fourth-order valence-electron chi connectivity index (χ4n) is 2.61. The molecule has 0 radical (unpaired) electrons. The first kappa shape index (κ1) is 16.0. The zero-order valence-electron chi connectivity index (χ0n) is 11.7. The van der Waals surface area contributed by atoms with E-state index in [1.807, 2.05) is 0 Å². The molecule has 1 saturated heterocycles. The van der Waals surface area contributed by atoms with Crippen molar-refractivity contribution in [2.24, 2.45) is 5.92 Å². The predicted molar refractivity (Wildman–Crippen MR) is 74.0 cm³/mol. The molecule has 0 aromatic carbocycles. The summed E-state index contributed by atoms with van der Waals surface area (Å²) in [5, 5.41) is 11.9. The van der Waals surface area contributed by atoms with E-state index in [4.69, 9.17) is 5.11 Å². The monoisotopic (exact) mass is 303 g/mol. The molecule has 1 aromatic rings. The molecule has 2 rings (SSSR count). The van der Waals surface area contributed by atoms with Crippen molar-refractivity contribution in [3.8, 4) is 0 Å². The fraction of sp³-hybridized carbons (Fsp3) is 0.643. The molecule has 0 aliphatic carbocycles. The summed E-state index contributed by atoms with van der Waals surface area (Å²) < 4.78 is 38.4. The Bertz CT molecular complexity index is 453. The van der Waals surface area contributed by atoms with Gasteiger partial charge >= 0.3 is 6.18 Å². The van der Waals surface area contributed by atoms with Crippen LogP contribution in [0.15, 0.2) is 18.3 Å². The molecule has 118 valence electrons. The zero-order chi connectivity index (χ0) is 15.3. The second kappa shape index (κ2) is 7.09. The van der Waals surface area contributed by atoms with Crippen LogP contribution < -0.4 is 5.32 Å². The van der Waals surface area contributed by atoms with E-state index in [1.165, 1.54) is 12.3 Å². The number of nitrogens with zero attached hydrogens (tertiary/aromatic N) is 2. The molecule has 1 fully saturated rings. The van der Waals surface area contributed by atoms with Gasteiger partial charge in [-0.25, -0.2) is 4.98 Å². The Morgan fingerprint density at radius 3 is 2.95 bits per heavy atom. The van der Waals surface area contributed by atoms with Crippen LogP contribution in [0.1, 0.15) is 18.4 Å². The number of hydrogen-bond donors (Lipinski definition) is 2. The maximum Gasteiger partial charge on any atom is 0.419 e. The molecule has 1 unspecified atom stereocenters. The van der Waals surface area contributed by atoms with Gasteiger partial charge in [-0.2, -0.15) is 13.2 Å². The van der Waals surface area contributed by atoms with Gasteiger partial charge in [0.1, 0.15) is 5.82 Å². The molecule has 0 bridgehead atoms. The van der Waals surface area contributed by atoms with Gasteiger partial charge in [-0.15, -0.1) is 0 Å². The van der Waals surface area contributed by atoms with E-state index in [0.29, 0.717) is 13.1 Å². The number of hydrogen-bond acceptors (Lipinski definition) is 4. The Morgan fingerprint density at radius 2 is 2.24 bits per heavy atom. The number of pyridine rings is 1. The Labute approximate surface area is 122 Å². The predicted octanol–water partition coefficient (Wildman–Crippen LogP) is 2.22. The van der Waals surface area contributed by atoms with Crippen molar-refractivity contribution < 1.29 is 18.3 Å². The van der Waals surface area contributed by atoms with Crippen LogP contribution >= 0.6 is 0 Å². The molecule has 1 aromatic heterocycles. The third-order valence-electron chi connectivity index (χ3n) is 3.69. The summed E-state index contributed by atoms with van der Waals surface area (Å²) in [5.74, 6) is 0.153. The summed E-state index contributed by atoms with van der Waals surface area (Å²) in [4.78, 5) is 5.93. The van der Waals surface area contributed by atoms with Gasteiger partial charge in [0.15, 0.2) is 0 Å². The SMILES string of the molecule is OCC1CCCN(CCNc2ncccc2C(F)(F)F)C1. The van der Waals surface area contributed by atoms with Gasteiger partial charge in [0.25, 0.3) is 0 Å². The van der Waals surface area contributed by atoms with E-state index in [2.05, 4.69) is 15.2 Å². The molecule has 1 aliphatic rings. The molecule has 0 spiro atoms. The third-order valence-corrected chi connectivity index (χ3v) is 3.69. The van der Waals surface area contributed by atoms with Crippen molar-refractivity contribution in [1.82, 2.24) is 9.88 Å². The number of anilines is 1. The van der Waals surface area contributed by atoms with Crippen LogP contribution in [0.2, 0.25) is 0 Å². The second-order valence-electron chi connectivity index (χ2n) is 5.32. The van der Waals surface area contributed by atoms with Gasteiger partial charge in [-0.1, -0.05) is 0 Å². The average Bonchev–Trinajstić information content (AvgIpc) is 2.47. The molecular weight excluding hydrogens is 283 g/mol. The molecule has 7 heteroatoms. The summed E-state index contributed by atoms with van der Waals surface area (Å²) in [6.45, 7) is 2.93. The lowest BCUT2D eigenvalue weighted by atomic mass is 9.99. The highest BCUT2D eigenvalue weighted by molar-refractivity contribution is 5.45. The molecule has 2 N–H and O–H groups in total. The summed E-state index contributed by atoms with van der Waals surface area (Å²) in [6, 6.07) is 2.31. The second-order valence-corrected chi connectivity index (χ2v) is 5.32. The summed E-state index contributed by atoms with van der Waals surface area (Å²) in [7, 11) is 0. The number of aliphatic hydroxyl groups is 1. The van der Waals surface area contributed by atoms with Gasteiger partial charge in [0.05, 0.1) is 5.56 Å². The Hall–Kier alpha value is -1.34. The Kier molecular flexibility index (Phi) is 5.41. The normalized spacial score (nSPS) is 20.5. The van der Waals surface area contributed by atoms with Crippen molar-refractivity contribution in [2.75, 3.05) is 38.1 Å². The molecule has 21 heavy (non-hydrogen) atoms. The number of piperidine rings is 1. The third kappa shape index (κ3) is 4.57. The van der Waals surface area contributed by atoms with E-state index in [0.717, 1.165) is 32.0 Å². The van der Waals surface area contributed by atoms with Gasteiger partial charge in [-0.3, -0.25) is 0 Å². The van der Waals surface area contributed by atoms with E-state index in [1.54, 1.807) is 0 Å². The van der Waals surface area contributed by atoms with E-state index in [9.17, 15) is 13.2 Å². The van der Waals surface area contributed by atoms with Crippen LogP contribution in [0.5, 0.6) is 0 Å². The quantitative estimate of drug-likeness (QED) is 0.875. The van der Waals surface area contributed by atoms with Crippen LogP contribution in [0.3, 0.4) is 0 Å². The molecule has 4 nitrogen and oxygen atoms in total. The molecule has 0 saturated carbocycles. The zero-order valence-corrected chi connectivity index (χ0v) is 11.7. The molecule has 1 atom stereocenters. The minimum absolute atomic E-state index is 0.124. The number of alkyl halides is 3. The van der Waals surface area contributed by atoms with Gasteiger partial charge < -0.3 is 15.3 Å². The van der Waals surface area contributed by atoms with E-state index in [-0.39, 0.29) is 18.3 Å².